The minimum absolute atomic E-state index is 0.0343. The van der Waals surface area contributed by atoms with E-state index in [0.29, 0.717) is 17.3 Å². The third-order valence-electron chi connectivity index (χ3n) is 16.6. The molecule has 1 heterocycles. The molecule has 2 nitrogen and oxygen atoms in total. The summed E-state index contributed by atoms with van der Waals surface area (Å²) in [6.45, 7) is 14.6. The first-order chi connectivity index (χ1) is 25.5. The molecule has 2 heteroatoms. The molecule has 5 aromatic carbocycles. The summed E-state index contributed by atoms with van der Waals surface area (Å²) in [4.78, 5) is 2.63. The Morgan fingerprint density at radius 3 is 2.04 bits per heavy atom. The van der Waals surface area contributed by atoms with E-state index < -0.39 is 0 Å². The number of hydrogen-bond donors (Lipinski definition) is 0. The molecule has 2 bridgehead atoms. The van der Waals surface area contributed by atoms with Gasteiger partial charge in [0, 0.05) is 38.9 Å². The average molecular weight is 694 g/mol. The number of ether oxygens (including phenoxy) is 1. The zero-order chi connectivity index (χ0) is 35.9. The van der Waals surface area contributed by atoms with Gasteiger partial charge in [-0.25, -0.2) is 0 Å². The van der Waals surface area contributed by atoms with Crippen molar-refractivity contribution in [3.05, 3.63) is 137 Å². The largest absolute Gasteiger partial charge is 0.457 e. The van der Waals surface area contributed by atoms with Crippen LogP contribution in [0.4, 0.5) is 17.1 Å². The first-order valence-corrected chi connectivity index (χ1v) is 20.6. The molecule has 6 atom stereocenters. The topological polar surface area (TPSA) is 12.5 Å². The van der Waals surface area contributed by atoms with Crippen LogP contribution < -0.4 is 9.64 Å². The van der Waals surface area contributed by atoms with Crippen LogP contribution in [0, 0.1) is 29.1 Å². The molecule has 5 aromatic rings. The number of benzene rings is 5. The Morgan fingerprint density at radius 2 is 1.23 bits per heavy atom. The lowest BCUT2D eigenvalue weighted by molar-refractivity contribution is -0.235. The second-order valence-electron chi connectivity index (χ2n) is 20.0. The molecular formula is C51H51NO. The number of rotatable bonds is 3. The normalized spacial score (nSPS) is 31.5. The van der Waals surface area contributed by atoms with Crippen molar-refractivity contribution in [1.29, 1.82) is 0 Å². The highest BCUT2D eigenvalue weighted by atomic mass is 16.5. The zero-order valence-electron chi connectivity index (χ0n) is 32.2. The Morgan fingerprint density at radius 1 is 0.566 bits per heavy atom. The number of nitrogens with zero attached hydrogens (tertiary/aromatic N) is 1. The van der Waals surface area contributed by atoms with E-state index in [1.54, 1.807) is 0 Å². The second kappa shape index (κ2) is 9.67. The Bertz CT molecular complexity index is 2430. The molecule has 2 spiro atoms. The van der Waals surface area contributed by atoms with Gasteiger partial charge in [0.25, 0.3) is 0 Å². The fourth-order valence-corrected chi connectivity index (χ4v) is 14.3. The number of anilines is 3. The monoisotopic (exact) mass is 693 g/mol. The van der Waals surface area contributed by atoms with Crippen LogP contribution in [-0.4, -0.2) is 0 Å². The highest BCUT2D eigenvalue weighted by Crippen LogP contribution is 2.89. The fourth-order valence-electron chi connectivity index (χ4n) is 14.3. The van der Waals surface area contributed by atoms with Crippen LogP contribution in [0.15, 0.2) is 103 Å². The summed E-state index contributed by atoms with van der Waals surface area (Å²) in [7, 11) is 0. The maximum atomic E-state index is 6.90. The van der Waals surface area contributed by atoms with E-state index in [0.717, 1.165) is 23.3 Å². The van der Waals surface area contributed by atoms with Gasteiger partial charge in [0.2, 0.25) is 0 Å². The van der Waals surface area contributed by atoms with E-state index >= 15 is 0 Å². The van der Waals surface area contributed by atoms with E-state index in [-0.39, 0.29) is 21.7 Å². The molecule has 0 saturated heterocycles. The van der Waals surface area contributed by atoms with Crippen LogP contribution in [0.25, 0.3) is 11.1 Å². The summed E-state index contributed by atoms with van der Waals surface area (Å²) < 4.78 is 6.90. The molecule has 6 aliphatic carbocycles. The third-order valence-corrected chi connectivity index (χ3v) is 16.6. The lowest BCUT2D eigenvalue weighted by atomic mass is 9.26. The van der Waals surface area contributed by atoms with Crippen LogP contribution in [0.5, 0.6) is 11.5 Å². The highest BCUT2D eigenvalue weighted by molar-refractivity contribution is 5.95. The van der Waals surface area contributed by atoms with Gasteiger partial charge in [-0.05, 0) is 149 Å². The first-order valence-electron chi connectivity index (χ1n) is 20.6. The summed E-state index contributed by atoms with van der Waals surface area (Å²) in [6, 6.07) is 40.0. The minimum atomic E-state index is -0.0737. The van der Waals surface area contributed by atoms with Crippen molar-refractivity contribution in [2.24, 2.45) is 29.1 Å². The van der Waals surface area contributed by atoms with Crippen LogP contribution in [-0.2, 0) is 21.7 Å². The van der Waals surface area contributed by atoms with E-state index in [4.69, 9.17) is 4.74 Å². The van der Waals surface area contributed by atoms with Crippen LogP contribution in [0.3, 0.4) is 0 Å². The number of para-hydroxylation sites is 1. The fraction of sp³-hybridized carbons (Fsp3) is 0.412. The Kier molecular flexibility index (Phi) is 5.67. The van der Waals surface area contributed by atoms with Crippen LogP contribution in [0.1, 0.15) is 113 Å². The molecule has 4 saturated carbocycles. The van der Waals surface area contributed by atoms with Gasteiger partial charge in [0.1, 0.15) is 11.5 Å². The van der Waals surface area contributed by atoms with Crippen molar-refractivity contribution < 1.29 is 4.74 Å². The van der Waals surface area contributed by atoms with E-state index in [2.05, 4.69) is 150 Å². The Balaban J connectivity index is 1.11. The summed E-state index contributed by atoms with van der Waals surface area (Å²) in [5.41, 5.74) is 16.0. The van der Waals surface area contributed by atoms with Crippen molar-refractivity contribution in [3.63, 3.8) is 0 Å². The Labute approximate surface area is 315 Å². The van der Waals surface area contributed by atoms with Gasteiger partial charge in [0.15, 0.2) is 0 Å². The van der Waals surface area contributed by atoms with Crippen molar-refractivity contribution in [2.45, 2.75) is 102 Å². The third kappa shape index (κ3) is 3.54. The predicted molar refractivity (Wildman–Crippen MR) is 216 cm³/mol. The summed E-state index contributed by atoms with van der Waals surface area (Å²) in [6.07, 6.45) is 8.11. The standard InChI is InChI=1S/C51H51NO/c1-47(2)22-23-48(3,4)39-27-32(18-20-36(39)47)52(41-16-11-15-38-46(41)34-12-7-8-13-35(34)49(38,5)6)33-19-21-43-40(28-33)51(37-14-9-10-17-42(37)53-43)44-25-30-24-31-26-45(51)50(31,44)29-30/h7-21,27-28,30-31,44-45H,22-26,29H2,1-6H3. The molecule has 0 aromatic heterocycles. The minimum Gasteiger partial charge on any atom is -0.457 e. The summed E-state index contributed by atoms with van der Waals surface area (Å²) in [5, 5.41) is 0. The van der Waals surface area contributed by atoms with E-state index in [1.165, 1.54) is 100 Å². The highest BCUT2D eigenvalue weighted by Gasteiger charge is 2.84. The number of fused-ring (bicyclic) bond motifs is 11. The average Bonchev–Trinajstić information content (AvgIpc) is 3.76. The maximum Gasteiger partial charge on any atom is 0.131 e. The van der Waals surface area contributed by atoms with Gasteiger partial charge in [-0.2, -0.15) is 0 Å². The van der Waals surface area contributed by atoms with Crippen molar-refractivity contribution in [1.82, 2.24) is 0 Å². The summed E-state index contributed by atoms with van der Waals surface area (Å²) >= 11 is 0. The van der Waals surface area contributed by atoms with Crippen LogP contribution >= 0.6 is 0 Å². The van der Waals surface area contributed by atoms with Gasteiger partial charge >= 0.3 is 0 Å². The molecule has 1 aliphatic heterocycles. The first kappa shape index (κ1) is 31.1. The maximum absolute atomic E-state index is 6.90. The van der Waals surface area contributed by atoms with Gasteiger partial charge in [-0.15, -0.1) is 0 Å². The quantitative estimate of drug-likeness (QED) is 0.186. The molecule has 0 N–H and O–H groups in total. The Hall–Kier alpha value is -4.30. The van der Waals surface area contributed by atoms with Gasteiger partial charge in [-0.3, -0.25) is 0 Å². The molecule has 0 amide bonds. The SMILES string of the molecule is CC1(C)CCC(C)(C)c2cc(N(c3ccc4c(c3)C3(c5ccccc5O4)C4CC5CC6CC3C64C5)c3cccc4c3-c3ccccc3C4(C)C)ccc21. The van der Waals surface area contributed by atoms with Crippen molar-refractivity contribution in [3.8, 4) is 22.6 Å². The number of hydrogen-bond acceptors (Lipinski definition) is 2. The molecule has 6 unspecified atom stereocenters. The van der Waals surface area contributed by atoms with E-state index in [1.807, 2.05) is 0 Å². The molecule has 7 aliphatic rings. The second-order valence-corrected chi connectivity index (χ2v) is 20.0. The molecule has 12 rings (SSSR count). The molecule has 266 valence electrons. The molecule has 53 heavy (non-hydrogen) atoms. The van der Waals surface area contributed by atoms with Crippen LogP contribution in [0.2, 0.25) is 0 Å². The molecular weight excluding hydrogens is 643 g/mol. The molecule has 4 fully saturated rings. The van der Waals surface area contributed by atoms with Crippen molar-refractivity contribution in [2.75, 3.05) is 4.90 Å². The predicted octanol–water partition coefficient (Wildman–Crippen LogP) is 13.3. The molecule has 0 radical (unpaired) electrons. The van der Waals surface area contributed by atoms with Gasteiger partial charge < -0.3 is 9.64 Å². The van der Waals surface area contributed by atoms with E-state index in [9.17, 15) is 0 Å². The lowest BCUT2D eigenvalue weighted by Crippen LogP contribution is -2.74. The van der Waals surface area contributed by atoms with Crippen molar-refractivity contribution >= 4 is 17.1 Å². The van der Waals surface area contributed by atoms with Gasteiger partial charge in [0.05, 0.1) is 5.69 Å². The lowest BCUT2D eigenvalue weighted by Gasteiger charge is -2.77. The zero-order valence-corrected chi connectivity index (χ0v) is 32.2. The smallest absolute Gasteiger partial charge is 0.131 e. The summed E-state index contributed by atoms with van der Waals surface area (Å²) in [5.74, 6) is 5.44. The van der Waals surface area contributed by atoms with Gasteiger partial charge in [-0.1, -0.05) is 102 Å².